The van der Waals surface area contributed by atoms with Gasteiger partial charge in [0.15, 0.2) is 0 Å². The molecular formula is C16H21N3O4. The number of carboxylic acid groups (broad SMARTS) is 1. The first kappa shape index (κ1) is 16.8. The van der Waals surface area contributed by atoms with Crippen LogP contribution in [0.15, 0.2) is 24.3 Å². The van der Waals surface area contributed by atoms with Gasteiger partial charge in [0.05, 0.1) is 18.4 Å². The minimum Gasteiger partial charge on any atom is -0.481 e. The highest BCUT2D eigenvalue weighted by molar-refractivity contribution is 5.80. The summed E-state index contributed by atoms with van der Waals surface area (Å²) in [4.78, 5) is 36.2. The minimum atomic E-state index is -0.883. The molecule has 1 aromatic carbocycles. The highest BCUT2D eigenvalue weighted by Gasteiger charge is 2.32. The number of carbonyl (C=O) groups is 3. The van der Waals surface area contributed by atoms with Crippen LogP contribution in [0, 0.1) is 12.8 Å². The number of nitrogens with zero attached hydrogens (tertiary/aromatic N) is 1. The van der Waals surface area contributed by atoms with E-state index in [0.29, 0.717) is 13.0 Å². The smallest absolute Gasteiger partial charge is 0.312 e. The minimum absolute atomic E-state index is 0.0557. The molecule has 2 atom stereocenters. The molecule has 2 rings (SSSR count). The molecule has 4 N–H and O–H groups in total. The second-order valence-electron chi connectivity index (χ2n) is 5.79. The van der Waals surface area contributed by atoms with Crippen molar-refractivity contribution >= 4 is 17.9 Å². The van der Waals surface area contributed by atoms with Crippen LogP contribution in [0.5, 0.6) is 0 Å². The fourth-order valence-corrected chi connectivity index (χ4v) is 2.88. The first-order valence-corrected chi connectivity index (χ1v) is 7.50. The third-order valence-corrected chi connectivity index (χ3v) is 4.15. The maximum atomic E-state index is 12.4. The lowest BCUT2D eigenvalue weighted by Gasteiger charge is -2.23. The zero-order chi connectivity index (χ0) is 17.0. The van der Waals surface area contributed by atoms with Gasteiger partial charge in [-0.3, -0.25) is 9.59 Å². The van der Waals surface area contributed by atoms with E-state index in [9.17, 15) is 14.4 Å². The van der Waals surface area contributed by atoms with Gasteiger partial charge in [-0.05, 0) is 24.5 Å². The van der Waals surface area contributed by atoms with Gasteiger partial charge in [0, 0.05) is 13.1 Å². The molecule has 0 spiro atoms. The maximum Gasteiger partial charge on any atom is 0.312 e. The molecule has 7 nitrogen and oxygen atoms in total. The largest absolute Gasteiger partial charge is 0.481 e. The molecule has 1 aromatic rings. The molecule has 0 radical (unpaired) electrons. The molecule has 1 heterocycles. The Balaban J connectivity index is 2.09. The van der Waals surface area contributed by atoms with Crippen molar-refractivity contribution in [2.45, 2.75) is 25.8 Å². The van der Waals surface area contributed by atoms with Gasteiger partial charge >= 0.3 is 12.0 Å². The van der Waals surface area contributed by atoms with Crippen LogP contribution >= 0.6 is 0 Å². The Morgan fingerprint density at radius 2 is 2.09 bits per heavy atom. The predicted octanol–water partition coefficient (Wildman–Crippen LogP) is 1.03. The zero-order valence-corrected chi connectivity index (χ0v) is 13.0. The number of urea groups is 1. The van der Waals surface area contributed by atoms with E-state index < -0.39 is 24.0 Å². The number of nitrogens with two attached hydrogens (primary N) is 1. The van der Waals surface area contributed by atoms with E-state index in [0.717, 1.165) is 11.1 Å². The van der Waals surface area contributed by atoms with Gasteiger partial charge in [-0.1, -0.05) is 24.3 Å². The Hall–Kier alpha value is -2.57. The molecular weight excluding hydrogens is 298 g/mol. The van der Waals surface area contributed by atoms with Crippen LogP contribution in [0.3, 0.4) is 0 Å². The number of nitrogens with one attached hydrogen (secondary N) is 1. The number of benzene rings is 1. The van der Waals surface area contributed by atoms with E-state index in [1.807, 2.05) is 31.2 Å². The highest BCUT2D eigenvalue weighted by Crippen LogP contribution is 2.24. The molecule has 1 fully saturated rings. The summed E-state index contributed by atoms with van der Waals surface area (Å²) in [7, 11) is 0. The SMILES string of the molecule is Cc1ccccc1[C@@H](CC(=O)N1CC[C@H](C(=O)O)C1)NC(N)=O. The van der Waals surface area contributed by atoms with E-state index in [4.69, 9.17) is 10.8 Å². The van der Waals surface area contributed by atoms with Gasteiger partial charge in [-0.15, -0.1) is 0 Å². The standard InChI is InChI=1S/C16H21N3O4/c1-10-4-2-3-5-12(10)13(18-16(17)23)8-14(20)19-7-6-11(9-19)15(21)22/h2-5,11,13H,6-9H2,1H3,(H,21,22)(H3,17,18,23)/t11-,13+/m0/s1. The second kappa shape index (κ2) is 7.13. The summed E-state index contributed by atoms with van der Waals surface area (Å²) in [6.07, 6.45) is 0.513. The molecule has 3 amide bonds. The van der Waals surface area contributed by atoms with Crippen LogP contribution in [0.4, 0.5) is 4.79 Å². The lowest BCUT2D eigenvalue weighted by Crippen LogP contribution is -2.38. The van der Waals surface area contributed by atoms with Crippen LogP contribution in [-0.2, 0) is 9.59 Å². The third-order valence-electron chi connectivity index (χ3n) is 4.15. The Morgan fingerprint density at radius 1 is 1.39 bits per heavy atom. The molecule has 1 aliphatic rings. The Labute approximate surface area is 134 Å². The van der Waals surface area contributed by atoms with Crippen molar-refractivity contribution in [3.05, 3.63) is 35.4 Å². The van der Waals surface area contributed by atoms with Crippen molar-refractivity contribution in [2.75, 3.05) is 13.1 Å². The topological polar surface area (TPSA) is 113 Å². The van der Waals surface area contributed by atoms with Crippen LogP contribution in [0.25, 0.3) is 0 Å². The Kier molecular flexibility index (Phi) is 5.20. The normalized spacial score (nSPS) is 18.5. The number of carbonyl (C=O) groups excluding carboxylic acids is 2. The lowest BCUT2D eigenvalue weighted by atomic mass is 9.98. The monoisotopic (exact) mass is 319 g/mol. The molecule has 0 aromatic heterocycles. The van der Waals surface area contributed by atoms with Crippen molar-refractivity contribution in [3.8, 4) is 0 Å². The molecule has 0 unspecified atom stereocenters. The van der Waals surface area contributed by atoms with Crippen LogP contribution in [-0.4, -0.2) is 41.0 Å². The summed E-state index contributed by atoms with van der Waals surface area (Å²) in [6, 6.07) is 6.22. The number of amides is 3. The van der Waals surface area contributed by atoms with Gasteiger partial charge in [0.1, 0.15) is 0 Å². The fourth-order valence-electron chi connectivity index (χ4n) is 2.88. The van der Waals surface area contributed by atoms with E-state index in [1.165, 1.54) is 4.90 Å². The van der Waals surface area contributed by atoms with Crippen molar-refractivity contribution in [1.82, 2.24) is 10.2 Å². The molecule has 0 saturated carbocycles. The number of hydrogen-bond acceptors (Lipinski definition) is 3. The fraction of sp³-hybridized carbons (Fsp3) is 0.438. The van der Waals surface area contributed by atoms with Gasteiger partial charge in [-0.25, -0.2) is 4.79 Å². The summed E-state index contributed by atoms with van der Waals surface area (Å²) in [5.41, 5.74) is 6.99. The van der Waals surface area contributed by atoms with Crippen LogP contribution in [0.1, 0.15) is 30.0 Å². The summed E-state index contributed by atoms with van der Waals surface area (Å²) in [5, 5.41) is 11.6. The van der Waals surface area contributed by atoms with Crippen molar-refractivity contribution < 1.29 is 19.5 Å². The van der Waals surface area contributed by atoms with Crippen molar-refractivity contribution in [3.63, 3.8) is 0 Å². The highest BCUT2D eigenvalue weighted by atomic mass is 16.4. The molecule has 0 bridgehead atoms. The number of rotatable bonds is 5. The van der Waals surface area contributed by atoms with Gasteiger partial charge in [0.25, 0.3) is 0 Å². The number of carboxylic acids is 1. The summed E-state index contributed by atoms with van der Waals surface area (Å²) >= 11 is 0. The Morgan fingerprint density at radius 3 is 2.65 bits per heavy atom. The Bertz CT molecular complexity index is 617. The van der Waals surface area contributed by atoms with E-state index >= 15 is 0 Å². The number of primary amides is 1. The number of hydrogen-bond donors (Lipinski definition) is 3. The maximum absolute atomic E-state index is 12.4. The lowest BCUT2D eigenvalue weighted by molar-refractivity contribution is -0.141. The number of aryl methyl sites for hydroxylation is 1. The van der Waals surface area contributed by atoms with E-state index in [2.05, 4.69) is 5.32 Å². The molecule has 124 valence electrons. The number of likely N-dealkylation sites (tertiary alicyclic amines) is 1. The second-order valence-corrected chi connectivity index (χ2v) is 5.79. The average Bonchev–Trinajstić information content (AvgIpc) is 2.96. The molecule has 1 saturated heterocycles. The molecule has 23 heavy (non-hydrogen) atoms. The first-order chi connectivity index (χ1) is 10.9. The summed E-state index contributed by atoms with van der Waals surface area (Å²) in [6.45, 7) is 2.53. The van der Waals surface area contributed by atoms with Crippen LogP contribution in [0.2, 0.25) is 0 Å². The predicted molar refractivity (Wildman–Crippen MR) is 83.6 cm³/mol. The zero-order valence-electron chi connectivity index (χ0n) is 13.0. The van der Waals surface area contributed by atoms with Gasteiger partial charge in [0.2, 0.25) is 5.91 Å². The third kappa shape index (κ3) is 4.21. The quantitative estimate of drug-likeness (QED) is 0.752. The van der Waals surface area contributed by atoms with E-state index in [-0.39, 0.29) is 18.9 Å². The summed E-state index contributed by atoms with van der Waals surface area (Å²) in [5.74, 6) is -1.58. The van der Waals surface area contributed by atoms with Gasteiger partial charge < -0.3 is 21.1 Å². The number of aliphatic carboxylic acids is 1. The molecule has 0 aliphatic carbocycles. The van der Waals surface area contributed by atoms with Crippen LogP contribution < -0.4 is 11.1 Å². The van der Waals surface area contributed by atoms with Crippen molar-refractivity contribution in [1.29, 1.82) is 0 Å². The average molecular weight is 319 g/mol. The first-order valence-electron chi connectivity index (χ1n) is 7.50. The molecule has 1 aliphatic heterocycles. The van der Waals surface area contributed by atoms with Gasteiger partial charge in [-0.2, -0.15) is 0 Å². The summed E-state index contributed by atoms with van der Waals surface area (Å²) < 4.78 is 0. The van der Waals surface area contributed by atoms with E-state index in [1.54, 1.807) is 0 Å². The van der Waals surface area contributed by atoms with Crippen molar-refractivity contribution in [2.24, 2.45) is 11.7 Å². The molecule has 7 heteroatoms.